The molecule has 1 rings (SSSR count). The van der Waals surface area contributed by atoms with Crippen molar-refractivity contribution in [3.63, 3.8) is 0 Å². The third kappa shape index (κ3) is 3.10. The fraction of sp³-hybridized carbons (Fsp3) is 0.667. The number of rotatable bonds is 6. The Kier molecular flexibility index (Phi) is 4.58. The molecule has 0 radical (unpaired) electrons. The van der Waals surface area contributed by atoms with E-state index >= 15 is 0 Å². The minimum Gasteiger partial charge on any atom is -0.355 e. The molecular weight excluding hydrogens is 182 g/mol. The first-order chi connectivity index (χ1) is 6.77. The Morgan fingerprint density at radius 1 is 1.50 bits per heavy atom. The second-order valence-corrected chi connectivity index (χ2v) is 3.01. The van der Waals surface area contributed by atoms with Gasteiger partial charge in [0.15, 0.2) is 6.29 Å². The normalized spacial score (nSPS) is 13.4. The van der Waals surface area contributed by atoms with Crippen LogP contribution >= 0.6 is 0 Å². The third-order valence-corrected chi connectivity index (χ3v) is 2.05. The fourth-order valence-corrected chi connectivity index (χ4v) is 1.15. The molecule has 1 aromatic rings. The monoisotopic (exact) mass is 199 g/mol. The Morgan fingerprint density at radius 2 is 2.21 bits per heavy atom. The minimum atomic E-state index is -0.215. The van der Waals surface area contributed by atoms with E-state index in [1.54, 1.807) is 26.6 Å². The summed E-state index contributed by atoms with van der Waals surface area (Å²) < 4.78 is 10.1. The van der Waals surface area contributed by atoms with Crippen molar-refractivity contribution >= 4 is 0 Å². The van der Waals surface area contributed by atoms with Crippen molar-refractivity contribution < 1.29 is 9.47 Å². The van der Waals surface area contributed by atoms with Crippen molar-refractivity contribution in [3.05, 3.63) is 18.2 Å². The van der Waals surface area contributed by atoms with Crippen LogP contribution in [0.25, 0.3) is 0 Å². The smallest absolute Gasteiger partial charge is 0.169 e. The van der Waals surface area contributed by atoms with Gasteiger partial charge in [-0.2, -0.15) is 0 Å². The van der Waals surface area contributed by atoms with E-state index in [1.165, 1.54) is 0 Å². The first kappa shape index (κ1) is 11.2. The molecule has 0 amide bonds. The lowest BCUT2D eigenvalue weighted by Gasteiger charge is -2.17. The number of imidazole rings is 1. The predicted octanol–water partition coefficient (Wildman–Crippen LogP) is 0.679. The van der Waals surface area contributed by atoms with Crippen LogP contribution in [0.4, 0.5) is 0 Å². The number of aromatic nitrogens is 2. The second kappa shape index (κ2) is 5.74. The molecule has 1 atom stereocenters. The Balaban J connectivity index is 2.31. The summed E-state index contributed by atoms with van der Waals surface area (Å²) >= 11 is 0. The van der Waals surface area contributed by atoms with Gasteiger partial charge >= 0.3 is 0 Å². The van der Waals surface area contributed by atoms with Gasteiger partial charge in [0.05, 0.1) is 6.04 Å². The summed E-state index contributed by atoms with van der Waals surface area (Å²) in [6.45, 7) is 2.66. The molecule has 80 valence electrons. The number of aromatic amines is 1. The van der Waals surface area contributed by atoms with Crippen molar-refractivity contribution in [1.29, 1.82) is 0 Å². The van der Waals surface area contributed by atoms with Gasteiger partial charge in [0.25, 0.3) is 0 Å². The van der Waals surface area contributed by atoms with Crippen molar-refractivity contribution in [2.45, 2.75) is 19.3 Å². The van der Waals surface area contributed by atoms with Gasteiger partial charge < -0.3 is 19.8 Å². The minimum absolute atomic E-state index is 0.165. The van der Waals surface area contributed by atoms with Crippen molar-refractivity contribution in [2.24, 2.45) is 0 Å². The van der Waals surface area contributed by atoms with Gasteiger partial charge in [-0.15, -0.1) is 0 Å². The standard InChI is InChI=1S/C9H17N3O2/c1-7(9-10-4-5-11-9)12-6-8(13-2)14-3/h4-5,7-8,12H,6H2,1-3H3,(H,10,11). The molecular formula is C9H17N3O2. The largest absolute Gasteiger partial charge is 0.355 e. The van der Waals surface area contributed by atoms with Crippen LogP contribution in [0.5, 0.6) is 0 Å². The summed E-state index contributed by atoms with van der Waals surface area (Å²) in [4.78, 5) is 7.19. The Morgan fingerprint density at radius 3 is 2.71 bits per heavy atom. The number of nitrogens with one attached hydrogen (secondary N) is 2. The van der Waals surface area contributed by atoms with Gasteiger partial charge in [-0.05, 0) is 6.92 Å². The molecule has 0 saturated carbocycles. The van der Waals surface area contributed by atoms with Crippen LogP contribution in [-0.4, -0.2) is 37.0 Å². The molecule has 0 fully saturated rings. The summed E-state index contributed by atoms with van der Waals surface area (Å²) in [5, 5.41) is 3.24. The van der Waals surface area contributed by atoms with Crippen LogP contribution in [0.2, 0.25) is 0 Å². The average molecular weight is 199 g/mol. The van der Waals surface area contributed by atoms with Gasteiger partial charge in [0.1, 0.15) is 5.82 Å². The lowest BCUT2D eigenvalue weighted by Crippen LogP contribution is -2.31. The third-order valence-electron chi connectivity index (χ3n) is 2.05. The predicted molar refractivity (Wildman–Crippen MR) is 52.8 cm³/mol. The molecule has 0 saturated heterocycles. The lowest BCUT2D eigenvalue weighted by molar-refractivity contribution is -0.0998. The molecule has 0 bridgehead atoms. The molecule has 2 N–H and O–H groups in total. The number of nitrogens with zero attached hydrogens (tertiary/aromatic N) is 1. The Hall–Kier alpha value is -0.910. The van der Waals surface area contributed by atoms with Crippen molar-refractivity contribution in [1.82, 2.24) is 15.3 Å². The molecule has 5 heteroatoms. The zero-order valence-corrected chi connectivity index (χ0v) is 8.78. The van der Waals surface area contributed by atoms with E-state index in [4.69, 9.17) is 9.47 Å². The van der Waals surface area contributed by atoms with Gasteiger partial charge in [-0.25, -0.2) is 4.98 Å². The summed E-state index contributed by atoms with van der Waals surface area (Å²) in [5.74, 6) is 0.913. The van der Waals surface area contributed by atoms with E-state index < -0.39 is 0 Å². The molecule has 5 nitrogen and oxygen atoms in total. The van der Waals surface area contributed by atoms with Crippen LogP contribution < -0.4 is 5.32 Å². The van der Waals surface area contributed by atoms with E-state index in [-0.39, 0.29) is 12.3 Å². The van der Waals surface area contributed by atoms with E-state index in [2.05, 4.69) is 15.3 Å². The molecule has 0 aliphatic carbocycles. The summed E-state index contributed by atoms with van der Waals surface area (Å²) in [7, 11) is 3.24. The van der Waals surface area contributed by atoms with E-state index in [0.29, 0.717) is 6.54 Å². The highest BCUT2D eigenvalue weighted by atomic mass is 16.7. The van der Waals surface area contributed by atoms with Gasteiger partial charge in [-0.1, -0.05) is 0 Å². The van der Waals surface area contributed by atoms with Crippen LogP contribution in [-0.2, 0) is 9.47 Å². The maximum atomic E-state index is 5.05. The quantitative estimate of drug-likeness (QED) is 0.661. The van der Waals surface area contributed by atoms with E-state index in [0.717, 1.165) is 5.82 Å². The van der Waals surface area contributed by atoms with E-state index in [9.17, 15) is 0 Å². The number of hydrogen-bond donors (Lipinski definition) is 2. The summed E-state index contributed by atoms with van der Waals surface area (Å²) in [5.41, 5.74) is 0. The van der Waals surface area contributed by atoms with Crippen LogP contribution in [0, 0.1) is 0 Å². The van der Waals surface area contributed by atoms with Gasteiger partial charge in [0, 0.05) is 33.2 Å². The Labute approximate surface area is 83.8 Å². The summed E-state index contributed by atoms with van der Waals surface area (Å²) in [6, 6.07) is 0.165. The van der Waals surface area contributed by atoms with E-state index in [1.807, 2.05) is 6.92 Å². The van der Waals surface area contributed by atoms with Crippen molar-refractivity contribution in [3.8, 4) is 0 Å². The van der Waals surface area contributed by atoms with Crippen molar-refractivity contribution in [2.75, 3.05) is 20.8 Å². The van der Waals surface area contributed by atoms with Gasteiger partial charge in [-0.3, -0.25) is 0 Å². The first-order valence-electron chi connectivity index (χ1n) is 4.56. The topological polar surface area (TPSA) is 59.2 Å². The highest BCUT2D eigenvalue weighted by Gasteiger charge is 2.10. The molecule has 1 unspecified atom stereocenters. The molecule has 1 aromatic heterocycles. The number of hydrogen-bond acceptors (Lipinski definition) is 4. The first-order valence-corrected chi connectivity index (χ1v) is 4.56. The highest BCUT2D eigenvalue weighted by molar-refractivity contribution is 4.93. The summed E-state index contributed by atoms with van der Waals surface area (Å²) in [6.07, 6.45) is 3.32. The van der Waals surface area contributed by atoms with Gasteiger partial charge in [0.2, 0.25) is 0 Å². The second-order valence-electron chi connectivity index (χ2n) is 3.01. The molecule has 1 heterocycles. The maximum absolute atomic E-state index is 5.05. The van der Waals surface area contributed by atoms with Crippen LogP contribution in [0.15, 0.2) is 12.4 Å². The molecule has 0 aromatic carbocycles. The fourth-order valence-electron chi connectivity index (χ4n) is 1.15. The van der Waals surface area contributed by atoms with Crippen LogP contribution in [0.3, 0.4) is 0 Å². The molecule has 0 aliphatic heterocycles. The number of methoxy groups -OCH3 is 2. The number of H-pyrrole nitrogens is 1. The maximum Gasteiger partial charge on any atom is 0.169 e. The Bertz CT molecular complexity index is 234. The zero-order chi connectivity index (χ0) is 10.4. The number of ether oxygens (including phenoxy) is 2. The van der Waals surface area contributed by atoms with Crippen LogP contribution in [0.1, 0.15) is 18.8 Å². The zero-order valence-electron chi connectivity index (χ0n) is 8.78. The SMILES string of the molecule is COC(CNC(C)c1ncc[nH]1)OC. The average Bonchev–Trinajstić information content (AvgIpc) is 2.72. The lowest BCUT2D eigenvalue weighted by atomic mass is 10.3. The molecule has 0 spiro atoms. The molecule has 0 aliphatic rings. The molecule has 14 heavy (non-hydrogen) atoms. The highest BCUT2D eigenvalue weighted by Crippen LogP contribution is 2.05.